The van der Waals surface area contributed by atoms with Gasteiger partial charge >= 0.3 is 0 Å². The summed E-state index contributed by atoms with van der Waals surface area (Å²) in [5.41, 5.74) is 0.637. The van der Waals surface area contributed by atoms with E-state index >= 15 is 0 Å². The number of hydrogen-bond acceptors (Lipinski definition) is 2. The van der Waals surface area contributed by atoms with Gasteiger partial charge in [-0.1, -0.05) is 11.6 Å². The summed E-state index contributed by atoms with van der Waals surface area (Å²) in [5, 5.41) is 3.59. The molecular weight excluding hydrogens is 316 g/mol. The second-order valence-corrected chi connectivity index (χ2v) is 6.02. The van der Waals surface area contributed by atoms with Crippen LogP contribution >= 0.6 is 27.5 Å². The van der Waals surface area contributed by atoms with E-state index in [0.29, 0.717) is 16.5 Å². The van der Waals surface area contributed by atoms with Crippen LogP contribution in [-0.4, -0.2) is 37.5 Å². The van der Waals surface area contributed by atoms with E-state index in [2.05, 4.69) is 33.2 Å². The van der Waals surface area contributed by atoms with Crippen LogP contribution in [-0.2, 0) is 0 Å². The highest BCUT2D eigenvalue weighted by Gasteiger charge is 2.20. The highest BCUT2D eigenvalue weighted by atomic mass is 79.9. The van der Waals surface area contributed by atoms with Crippen LogP contribution in [0.15, 0.2) is 22.7 Å². The van der Waals surface area contributed by atoms with Gasteiger partial charge in [-0.25, -0.2) is 0 Å². The fourth-order valence-electron chi connectivity index (χ4n) is 2.17. The molecule has 3 nitrogen and oxygen atoms in total. The van der Waals surface area contributed by atoms with Crippen LogP contribution in [0.25, 0.3) is 0 Å². The van der Waals surface area contributed by atoms with Crippen molar-refractivity contribution >= 4 is 33.4 Å². The lowest BCUT2D eigenvalue weighted by molar-refractivity contribution is 0.0947. The van der Waals surface area contributed by atoms with Gasteiger partial charge in [-0.2, -0.15) is 0 Å². The molecule has 1 amide bonds. The molecule has 1 unspecified atom stereocenters. The summed E-state index contributed by atoms with van der Waals surface area (Å²) in [6.07, 6.45) is 1.15. The molecule has 0 spiro atoms. The van der Waals surface area contributed by atoms with Crippen molar-refractivity contribution in [3.8, 4) is 0 Å². The summed E-state index contributed by atoms with van der Waals surface area (Å²) in [5.74, 6) is 0.525. The van der Waals surface area contributed by atoms with Gasteiger partial charge in [0.2, 0.25) is 0 Å². The average molecular weight is 332 g/mol. The Bertz CT molecular complexity index is 453. The van der Waals surface area contributed by atoms with E-state index < -0.39 is 0 Å². The molecule has 1 N–H and O–H groups in total. The number of carbonyl (C=O) groups excluding carboxylic acids is 1. The van der Waals surface area contributed by atoms with Gasteiger partial charge in [0.15, 0.2) is 0 Å². The quantitative estimate of drug-likeness (QED) is 0.924. The molecule has 5 heteroatoms. The van der Waals surface area contributed by atoms with E-state index in [4.69, 9.17) is 11.6 Å². The molecule has 0 aromatic heterocycles. The third kappa shape index (κ3) is 3.46. The van der Waals surface area contributed by atoms with Crippen LogP contribution in [0.1, 0.15) is 16.8 Å². The molecule has 1 aromatic rings. The number of hydrogen-bond donors (Lipinski definition) is 1. The molecular formula is C13H16BrClN2O. The fraction of sp³-hybridized carbons (Fsp3) is 0.462. The predicted octanol–water partition coefficient (Wildman–Crippen LogP) is 2.78. The van der Waals surface area contributed by atoms with E-state index in [1.54, 1.807) is 18.2 Å². The topological polar surface area (TPSA) is 32.3 Å². The highest BCUT2D eigenvalue weighted by Crippen LogP contribution is 2.23. The van der Waals surface area contributed by atoms with Crippen molar-refractivity contribution in [1.29, 1.82) is 0 Å². The zero-order valence-corrected chi connectivity index (χ0v) is 12.6. The molecule has 1 aromatic carbocycles. The highest BCUT2D eigenvalue weighted by molar-refractivity contribution is 9.10. The number of halogens is 2. The van der Waals surface area contributed by atoms with Crippen LogP contribution in [0.3, 0.4) is 0 Å². The molecule has 1 atom stereocenters. The van der Waals surface area contributed by atoms with E-state index in [-0.39, 0.29) is 5.91 Å². The summed E-state index contributed by atoms with van der Waals surface area (Å²) in [7, 11) is 2.11. The minimum Gasteiger partial charge on any atom is -0.352 e. The number of nitrogens with zero attached hydrogens (tertiary/aromatic N) is 1. The predicted molar refractivity (Wildman–Crippen MR) is 77.1 cm³/mol. The van der Waals surface area contributed by atoms with Gasteiger partial charge in [-0.15, -0.1) is 0 Å². The van der Waals surface area contributed by atoms with E-state index in [0.717, 1.165) is 30.5 Å². The maximum Gasteiger partial charge on any atom is 0.251 e. The summed E-state index contributed by atoms with van der Waals surface area (Å²) in [4.78, 5) is 14.2. The van der Waals surface area contributed by atoms with E-state index in [1.165, 1.54) is 0 Å². The van der Waals surface area contributed by atoms with Crippen LogP contribution in [0.5, 0.6) is 0 Å². The third-order valence-electron chi connectivity index (χ3n) is 3.22. The standard InChI is InChI=1S/C13H16BrClN2O/c1-17-5-4-9(8-17)7-16-13(18)10-2-3-12(15)11(14)6-10/h2-3,6,9H,4-5,7-8H2,1H3,(H,16,18). The summed E-state index contributed by atoms with van der Waals surface area (Å²) in [6.45, 7) is 2.92. The maximum absolute atomic E-state index is 12.0. The fourth-order valence-corrected chi connectivity index (χ4v) is 2.67. The van der Waals surface area contributed by atoms with Crippen LogP contribution in [0, 0.1) is 5.92 Å². The van der Waals surface area contributed by atoms with Crippen LogP contribution in [0.2, 0.25) is 5.02 Å². The second-order valence-electron chi connectivity index (χ2n) is 4.76. The SMILES string of the molecule is CN1CCC(CNC(=O)c2ccc(Cl)c(Br)c2)C1. The van der Waals surface area contributed by atoms with Crippen molar-refractivity contribution in [3.05, 3.63) is 33.3 Å². The number of carbonyl (C=O) groups is 1. The Morgan fingerprint density at radius 3 is 3.00 bits per heavy atom. The molecule has 18 heavy (non-hydrogen) atoms. The molecule has 1 aliphatic rings. The minimum atomic E-state index is -0.0399. The first-order valence-corrected chi connectivity index (χ1v) is 7.15. The first-order valence-electron chi connectivity index (χ1n) is 5.98. The zero-order valence-electron chi connectivity index (χ0n) is 10.2. The molecule has 1 aliphatic heterocycles. The van der Waals surface area contributed by atoms with Gasteiger partial charge in [-0.3, -0.25) is 4.79 Å². The van der Waals surface area contributed by atoms with Crippen LogP contribution < -0.4 is 5.32 Å². The monoisotopic (exact) mass is 330 g/mol. The third-order valence-corrected chi connectivity index (χ3v) is 4.44. The molecule has 0 radical (unpaired) electrons. The lowest BCUT2D eigenvalue weighted by Gasteiger charge is -2.12. The first kappa shape index (κ1) is 13.8. The van der Waals surface area contributed by atoms with E-state index in [9.17, 15) is 4.79 Å². The van der Waals surface area contributed by atoms with Crippen molar-refractivity contribution in [2.24, 2.45) is 5.92 Å². The molecule has 0 aliphatic carbocycles. The largest absolute Gasteiger partial charge is 0.352 e. The van der Waals surface area contributed by atoms with Gasteiger partial charge in [0.05, 0.1) is 5.02 Å². The number of likely N-dealkylation sites (tertiary alicyclic amines) is 1. The van der Waals surface area contributed by atoms with Crippen LogP contribution in [0.4, 0.5) is 0 Å². The molecule has 1 heterocycles. The number of amides is 1. The van der Waals surface area contributed by atoms with Crippen molar-refractivity contribution in [2.75, 3.05) is 26.7 Å². The Hall–Kier alpha value is -0.580. The van der Waals surface area contributed by atoms with Crippen molar-refractivity contribution < 1.29 is 4.79 Å². The first-order chi connectivity index (χ1) is 8.56. The molecule has 98 valence electrons. The Kier molecular flexibility index (Phi) is 4.65. The molecule has 2 rings (SSSR count). The second kappa shape index (κ2) is 6.04. The van der Waals surface area contributed by atoms with Gasteiger partial charge in [0, 0.05) is 23.1 Å². The molecule has 1 saturated heterocycles. The number of benzene rings is 1. The van der Waals surface area contributed by atoms with E-state index in [1.807, 2.05) is 0 Å². The summed E-state index contributed by atoms with van der Waals surface area (Å²) in [6, 6.07) is 5.21. The lowest BCUT2D eigenvalue weighted by Crippen LogP contribution is -2.30. The molecule has 0 saturated carbocycles. The number of rotatable bonds is 3. The molecule has 0 bridgehead atoms. The van der Waals surface area contributed by atoms with Gasteiger partial charge in [0.25, 0.3) is 5.91 Å². The maximum atomic E-state index is 12.0. The zero-order chi connectivity index (χ0) is 13.1. The smallest absolute Gasteiger partial charge is 0.251 e. The average Bonchev–Trinajstić information content (AvgIpc) is 2.75. The Balaban J connectivity index is 1.89. The summed E-state index contributed by atoms with van der Waals surface area (Å²) < 4.78 is 0.748. The lowest BCUT2D eigenvalue weighted by atomic mass is 10.1. The normalized spacial score (nSPS) is 20.1. The summed E-state index contributed by atoms with van der Waals surface area (Å²) >= 11 is 9.22. The minimum absolute atomic E-state index is 0.0399. The van der Waals surface area contributed by atoms with Crippen molar-refractivity contribution in [2.45, 2.75) is 6.42 Å². The Labute approximate surface area is 121 Å². The van der Waals surface area contributed by atoms with Crippen molar-refractivity contribution in [3.63, 3.8) is 0 Å². The number of nitrogens with one attached hydrogen (secondary N) is 1. The van der Waals surface area contributed by atoms with Gasteiger partial charge in [0.1, 0.15) is 0 Å². The van der Waals surface area contributed by atoms with Gasteiger partial charge in [-0.05, 0) is 60.1 Å². The van der Waals surface area contributed by atoms with Gasteiger partial charge < -0.3 is 10.2 Å². The Morgan fingerprint density at radius 1 is 1.61 bits per heavy atom. The molecule has 1 fully saturated rings. The Morgan fingerprint density at radius 2 is 2.39 bits per heavy atom. The van der Waals surface area contributed by atoms with Crippen molar-refractivity contribution in [1.82, 2.24) is 10.2 Å².